The number of nitrogens with zero attached hydrogens (tertiary/aromatic N) is 3. The van der Waals surface area contributed by atoms with Crippen molar-refractivity contribution in [1.82, 2.24) is 15.0 Å². The molecule has 18 heavy (non-hydrogen) atoms. The Bertz CT molecular complexity index is 504. The lowest BCUT2D eigenvalue weighted by Gasteiger charge is -2.05. The molecule has 0 aliphatic heterocycles. The number of pyridine rings is 1. The van der Waals surface area contributed by atoms with Gasteiger partial charge in [-0.2, -0.15) is 0 Å². The average Bonchev–Trinajstić information content (AvgIpc) is 2.41. The Hall–Kier alpha value is -2.17. The SMILES string of the molecule is CCNc1ccc(-c2cncc(OCC)n2)cn1.[HH]. The van der Waals surface area contributed by atoms with Gasteiger partial charge >= 0.3 is 0 Å². The first kappa shape index (κ1) is 12.3. The third-order valence-corrected chi connectivity index (χ3v) is 2.32. The first-order chi connectivity index (χ1) is 8.83. The molecule has 0 unspecified atom stereocenters. The number of aromatic nitrogens is 3. The number of rotatable bonds is 5. The van der Waals surface area contributed by atoms with Crippen molar-refractivity contribution in [3.05, 3.63) is 30.7 Å². The third-order valence-electron chi connectivity index (χ3n) is 2.32. The third kappa shape index (κ3) is 2.94. The molecule has 0 atom stereocenters. The summed E-state index contributed by atoms with van der Waals surface area (Å²) in [6.45, 7) is 5.38. The van der Waals surface area contributed by atoms with Crippen molar-refractivity contribution >= 4 is 5.82 Å². The Morgan fingerprint density at radius 2 is 2.11 bits per heavy atom. The van der Waals surface area contributed by atoms with Gasteiger partial charge in [0.05, 0.1) is 24.7 Å². The lowest BCUT2D eigenvalue weighted by molar-refractivity contribution is 0.325. The molecule has 0 aromatic carbocycles. The van der Waals surface area contributed by atoms with Crippen LogP contribution in [0.25, 0.3) is 11.3 Å². The normalized spacial score (nSPS) is 10.1. The number of hydrogen-bond donors (Lipinski definition) is 1. The van der Waals surface area contributed by atoms with E-state index in [9.17, 15) is 0 Å². The summed E-state index contributed by atoms with van der Waals surface area (Å²) in [5.74, 6) is 1.39. The fraction of sp³-hybridized carbons (Fsp3) is 0.308. The quantitative estimate of drug-likeness (QED) is 0.878. The van der Waals surface area contributed by atoms with Crippen LogP contribution in [0.15, 0.2) is 30.7 Å². The summed E-state index contributed by atoms with van der Waals surface area (Å²) in [5, 5.41) is 3.15. The Morgan fingerprint density at radius 3 is 2.78 bits per heavy atom. The van der Waals surface area contributed by atoms with Crippen LogP contribution in [0.2, 0.25) is 0 Å². The highest BCUT2D eigenvalue weighted by molar-refractivity contribution is 5.59. The maximum absolute atomic E-state index is 5.32. The second-order valence-electron chi connectivity index (χ2n) is 3.64. The molecule has 1 N–H and O–H groups in total. The molecule has 0 amide bonds. The van der Waals surface area contributed by atoms with Gasteiger partial charge in [0.25, 0.3) is 0 Å². The van der Waals surface area contributed by atoms with Gasteiger partial charge in [-0.05, 0) is 26.0 Å². The number of hydrogen-bond acceptors (Lipinski definition) is 5. The first-order valence-corrected chi connectivity index (χ1v) is 5.98. The lowest BCUT2D eigenvalue weighted by Crippen LogP contribution is -1.99. The van der Waals surface area contributed by atoms with Gasteiger partial charge in [0.15, 0.2) is 0 Å². The first-order valence-electron chi connectivity index (χ1n) is 5.98. The van der Waals surface area contributed by atoms with Gasteiger partial charge in [-0.1, -0.05) is 0 Å². The molecule has 0 saturated carbocycles. The van der Waals surface area contributed by atoms with E-state index in [0.717, 1.165) is 23.6 Å². The van der Waals surface area contributed by atoms with Crippen LogP contribution in [0.4, 0.5) is 5.82 Å². The van der Waals surface area contributed by atoms with E-state index in [1.807, 2.05) is 26.0 Å². The van der Waals surface area contributed by atoms with E-state index in [1.165, 1.54) is 0 Å². The second kappa shape index (κ2) is 5.95. The van der Waals surface area contributed by atoms with E-state index in [0.29, 0.717) is 12.5 Å². The van der Waals surface area contributed by atoms with E-state index in [1.54, 1.807) is 18.6 Å². The molecule has 0 fully saturated rings. The Kier molecular flexibility index (Phi) is 4.06. The highest BCUT2D eigenvalue weighted by Crippen LogP contribution is 2.18. The molecule has 0 radical (unpaired) electrons. The fourth-order valence-electron chi connectivity index (χ4n) is 1.54. The van der Waals surface area contributed by atoms with Crippen LogP contribution in [0.1, 0.15) is 15.3 Å². The van der Waals surface area contributed by atoms with Gasteiger partial charge in [0.2, 0.25) is 5.88 Å². The second-order valence-corrected chi connectivity index (χ2v) is 3.64. The van der Waals surface area contributed by atoms with Crippen LogP contribution in [0.5, 0.6) is 5.88 Å². The molecule has 0 aliphatic carbocycles. The summed E-state index contributed by atoms with van der Waals surface area (Å²) < 4.78 is 5.32. The van der Waals surface area contributed by atoms with Crippen molar-refractivity contribution in [1.29, 1.82) is 0 Å². The van der Waals surface area contributed by atoms with Gasteiger partial charge in [-0.25, -0.2) is 9.97 Å². The van der Waals surface area contributed by atoms with Crippen molar-refractivity contribution in [3.63, 3.8) is 0 Å². The van der Waals surface area contributed by atoms with Crippen molar-refractivity contribution in [2.45, 2.75) is 13.8 Å². The van der Waals surface area contributed by atoms with E-state index < -0.39 is 0 Å². The highest BCUT2D eigenvalue weighted by Gasteiger charge is 2.03. The number of ether oxygens (including phenoxy) is 1. The fourth-order valence-corrected chi connectivity index (χ4v) is 1.54. The van der Waals surface area contributed by atoms with Gasteiger partial charge in [-0.15, -0.1) is 0 Å². The van der Waals surface area contributed by atoms with E-state index in [-0.39, 0.29) is 1.43 Å². The molecular formula is C13H18N4O. The molecule has 96 valence electrons. The van der Waals surface area contributed by atoms with Crippen LogP contribution in [-0.2, 0) is 0 Å². The summed E-state index contributed by atoms with van der Waals surface area (Å²) in [6.07, 6.45) is 5.08. The molecule has 5 heteroatoms. The summed E-state index contributed by atoms with van der Waals surface area (Å²) in [7, 11) is 0. The molecule has 0 bridgehead atoms. The molecule has 0 spiro atoms. The maximum Gasteiger partial charge on any atom is 0.232 e. The van der Waals surface area contributed by atoms with Crippen LogP contribution < -0.4 is 10.1 Å². The van der Waals surface area contributed by atoms with Crippen LogP contribution in [0.3, 0.4) is 0 Å². The van der Waals surface area contributed by atoms with E-state index in [4.69, 9.17) is 4.74 Å². The standard InChI is InChI=1S/C13H16N4O.H2/c1-3-15-12-6-5-10(7-16-12)11-8-14-9-13(17-11)18-4-2;/h5-9H,3-4H2,1-2H3,(H,15,16);1H. The monoisotopic (exact) mass is 246 g/mol. The van der Waals surface area contributed by atoms with Gasteiger partial charge in [-0.3, -0.25) is 4.98 Å². The van der Waals surface area contributed by atoms with Crippen LogP contribution >= 0.6 is 0 Å². The van der Waals surface area contributed by atoms with E-state index in [2.05, 4.69) is 20.3 Å². The topological polar surface area (TPSA) is 59.9 Å². The molecular weight excluding hydrogens is 228 g/mol. The van der Waals surface area contributed by atoms with Crippen LogP contribution in [-0.4, -0.2) is 28.1 Å². The van der Waals surface area contributed by atoms with Gasteiger partial charge in [0.1, 0.15) is 5.82 Å². The highest BCUT2D eigenvalue weighted by atomic mass is 16.5. The molecule has 2 aromatic rings. The smallest absolute Gasteiger partial charge is 0.232 e. The maximum atomic E-state index is 5.32. The minimum atomic E-state index is 0. The minimum Gasteiger partial charge on any atom is -0.477 e. The summed E-state index contributed by atoms with van der Waals surface area (Å²) in [6, 6.07) is 3.89. The zero-order valence-corrected chi connectivity index (χ0v) is 10.6. The Labute approximate surface area is 108 Å². The molecule has 0 saturated heterocycles. The number of nitrogens with one attached hydrogen (secondary N) is 1. The predicted molar refractivity (Wildman–Crippen MR) is 72.7 cm³/mol. The summed E-state index contributed by atoms with van der Waals surface area (Å²) in [5.41, 5.74) is 1.68. The Morgan fingerprint density at radius 1 is 1.22 bits per heavy atom. The molecule has 2 heterocycles. The van der Waals surface area contributed by atoms with Crippen LogP contribution in [0, 0.1) is 0 Å². The van der Waals surface area contributed by atoms with Gasteiger partial charge < -0.3 is 10.1 Å². The largest absolute Gasteiger partial charge is 0.477 e. The zero-order valence-electron chi connectivity index (χ0n) is 10.6. The average molecular weight is 246 g/mol. The minimum absolute atomic E-state index is 0. The molecule has 2 rings (SSSR count). The molecule has 0 aliphatic rings. The Balaban J connectivity index is 0.00000180. The number of anilines is 1. The van der Waals surface area contributed by atoms with E-state index >= 15 is 0 Å². The lowest BCUT2D eigenvalue weighted by atomic mass is 10.2. The van der Waals surface area contributed by atoms with Crippen molar-refractivity contribution < 1.29 is 6.16 Å². The zero-order chi connectivity index (χ0) is 12.8. The molecule has 5 nitrogen and oxygen atoms in total. The van der Waals surface area contributed by atoms with Gasteiger partial charge in [0, 0.05) is 19.7 Å². The van der Waals surface area contributed by atoms with Crippen molar-refractivity contribution in [2.75, 3.05) is 18.5 Å². The predicted octanol–water partition coefficient (Wildman–Crippen LogP) is 2.62. The summed E-state index contributed by atoms with van der Waals surface area (Å²) >= 11 is 0. The van der Waals surface area contributed by atoms with Crippen molar-refractivity contribution in [3.8, 4) is 17.1 Å². The van der Waals surface area contributed by atoms with Crippen molar-refractivity contribution in [2.24, 2.45) is 0 Å². The molecule has 2 aromatic heterocycles. The summed E-state index contributed by atoms with van der Waals surface area (Å²) in [4.78, 5) is 12.8.